The number of allylic oxidation sites excluding steroid dienone is 3. The molecule has 5 rings (SSSR count). The van der Waals surface area contributed by atoms with Crippen LogP contribution in [0, 0.1) is 18.7 Å². The van der Waals surface area contributed by atoms with Crippen LogP contribution in [0.1, 0.15) is 31.9 Å². The third-order valence-electron chi connectivity index (χ3n) is 6.89. The van der Waals surface area contributed by atoms with Crippen LogP contribution in [0.2, 0.25) is 0 Å². The van der Waals surface area contributed by atoms with Gasteiger partial charge in [-0.05, 0) is 56.5 Å². The fraction of sp³-hybridized carbons (Fsp3) is 0.444. The molecule has 1 aromatic heterocycles. The van der Waals surface area contributed by atoms with Gasteiger partial charge in [-0.2, -0.15) is 0 Å². The molecule has 2 unspecified atom stereocenters. The highest BCUT2D eigenvalue weighted by atomic mass is 19.1. The number of carbonyl (C=O) groups is 1. The van der Waals surface area contributed by atoms with Crippen molar-refractivity contribution >= 4 is 29.0 Å². The van der Waals surface area contributed by atoms with Crippen molar-refractivity contribution in [1.29, 1.82) is 0 Å². The van der Waals surface area contributed by atoms with Crippen LogP contribution in [0.5, 0.6) is 5.75 Å². The number of aliphatic imine (C=N–C) groups is 2. The molecule has 38 heavy (non-hydrogen) atoms. The van der Waals surface area contributed by atoms with E-state index in [1.54, 1.807) is 24.3 Å². The summed E-state index contributed by atoms with van der Waals surface area (Å²) in [6.07, 6.45) is 6.78. The number of benzene rings is 1. The van der Waals surface area contributed by atoms with Gasteiger partial charge in [0, 0.05) is 54.5 Å². The van der Waals surface area contributed by atoms with E-state index in [4.69, 9.17) is 10.5 Å². The fourth-order valence-electron chi connectivity index (χ4n) is 4.73. The minimum absolute atomic E-state index is 0.0131. The van der Waals surface area contributed by atoms with Gasteiger partial charge in [0.25, 0.3) is 0 Å². The van der Waals surface area contributed by atoms with Crippen LogP contribution in [0.4, 0.5) is 4.39 Å². The second-order valence-electron chi connectivity index (χ2n) is 9.83. The van der Waals surface area contributed by atoms with Crippen molar-refractivity contribution in [3.63, 3.8) is 0 Å². The minimum Gasteiger partial charge on any atom is -0.464 e. The first-order valence-corrected chi connectivity index (χ1v) is 13.2. The number of aromatic amines is 1. The third-order valence-corrected chi connectivity index (χ3v) is 6.89. The zero-order valence-electron chi connectivity index (χ0n) is 21.8. The minimum atomic E-state index is -1.02. The van der Waals surface area contributed by atoms with Crippen molar-refractivity contribution in [2.75, 3.05) is 26.2 Å². The summed E-state index contributed by atoms with van der Waals surface area (Å²) < 4.78 is 21.3. The lowest BCUT2D eigenvalue weighted by Gasteiger charge is -2.31. The number of piperazine rings is 1. The Morgan fingerprint density at radius 1 is 1.29 bits per heavy atom. The Kier molecular flexibility index (Phi) is 7.64. The summed E-state index contributed by atoms with van der Waals surface area (Å²) in [5.41, 5.74) is 9.00. The number of aromatic nitrogens is 1. The van der Waals surface area contributed by atoms with Crippen LogP contribution < -0.4 is 26.4 Å². The van der Waals surface area contributed by atoms with Crippen molar-refractivity contribution < 1.29 is 13.9 Å². The standard InChI is InChI=1S/C27H35FN8O2/c1-3-18(36-12-10-30-11-13-36)6-9-22(29)35-25-23(26(37)34-17-4-5-17)27(32-15-31-25)38-21-8-7-20-19(24(21)28)14-16(2)33-20/h6-9,14-15,17,23,27,30,33H,3-5,10-13,29H2,1-2H3,(H,34,37)(H,31,32,35)/b18-6+,22-9+. The number of halogens is 1. The van der Waals surface area contributed by atoms with Crippen molar-refractivity contribution in [2.45, 2.75) is 45.4 Å². The summed E-state index contributed by atoms with van der Waals surface area (Å²) >= 11 is 0. The highest BCUT2D eigenvalue weighted by Crippen LogP contribution is 2.30. The third kappa shape index (κ3) is 5.83. The summed E-state index contributed by atoms with van der Waals surface area (Å²) in [6.45, 7) is 7.74. The number of ether oxygens (including phenoxy) is 1. The van der Waals surface area contributed by atoms with E-state index in [2.05, 4.69) is 42.7 Å². The molecule has 3 heterocycles. The van der Waals surface area contributed by atoms with Crippen LogP contribution in [-0.2, 0) is 4.79 Å². The van der Waals surface area contributed by atoms with Gasteiger partial charge >= 0.3 is 0 Å². The van der Waals surface area contributed by atoms with Crippen LogP contribution in [0.15, 0.2) is 51.9 Å². The highest BCUT2D eigenvalue weighted by Gasteiger charge is 2.39. The normalized spacial score (nSPS) is 22.4. The predicted octanol–water partition coefficient (Wildman–Crippen LogP) is 2.24. The summed E-state index contributed by atoms with van der Waals surface area (Å²) in [4.78, 5) is 27.3. The number of nitrogens with two attached hydrogens (primary N) is 1. The van der Waals surface area contributed by atoms with Crippen molar-refractivity contribution in [3.05, 3.63) is 53.4 Å². The molecule has 202 valence electrons. The van der Waals surface area contributed by atoms with E-state index in [0.717, 1.165) is 51.1 Å². The van der Waals surface area contributed by atoms with E-state index < -0.39 is 18.0 Å². The van der Waals surface area contributed by atoms with Gasteiger partial charge in [-0.3, -0.25) is 4.79 Å². The number of aryl methyl sites for hydroxylation is 1. The first-order valence-electron chi connectivity index (χ1n) is 13.2. The largest absolute Gasteiger partial charge is 0.464 e. The molecule has 10 nitrogen and oxygen atoms in total. The Morgan fingerprint density at radius 2 is 2.08 bits per heavy atom. The molecule has 3 aliphatic rings. The highest BCUT2D eigenvalue weighted by molar-refractivity contribution is 6.07. The Bertz CT molecular complexity index is 1300. The van der Waals surface area contributed by atoms with E-state index in [9.17, 15) is 4.79 Å². The Labute approximate surface area is 221 Å². The summed E-state index contributed by atoms with van der Waals surface area (Å²) in [7, 11) is 0. The van der Waals surface area contributed by atoms with Crippen molar-refractivity contribution in [2.24, 2.45) is 21.6 Å². The second-order valence-corrected chi connectivity index (χ2v) is 9.83. The van der Waals surface area contributed by atoms with Gasteiger partial charge in [0.1, 0.15) is 18.0 Å². The number of rotatable bonds is 8. The summed E-state index contributed by atoms with van der Waals surface area (Å²) in [6, 6.07) is 5.13. The van der Waals surface area contributed by atoms with Gasteiger partial charge < -0.3 is 36.3 Å². The molecule has 11 heteroatoms. The average molecular weight is 523 g/mol. The van der Waals surface area contributed by atoms with Crippen molar-refractivity contribution in [3.8, 4) is 5.75 Å². The van der Waals surface area contributed by atoms with Crippen LogP contribution in [-0.4, -0.2) is 66.4 Å². The molecule has 1 aliphatic carbocycles. The lowest BCUT2D eigenvalue weighted by Crippen LogP contribution is -2.51. The molecule has 2 aliphatic heterocycles. The molecule has 0 bridgehead atoms. The van der Waals surface area contributed by atoms with Crippen LogP contribution >= 0.6 is 0 Å². The van der Waals surface area contributed by atoms with Gasteiger partial charge in [-0.25, -0.2) is 14.4 Å². The molecule has 2 atom stereocenters. The van der Waals surface area contributed by atoms with E-state index in [-0.39, 0.29) is 17.7 Å². The maximum absolute atomic E-state index is 15.3. The number of fused-ring (bicyclic) bond motifs is 1. The maximum atomic E-state index is 15.3. The monoisotopic (exact) mass is 522 g/mol. The Balaban J connectivity index is 1.36. The number of hydrogen-bond donors (Lipinski definition) is 5. The number of amidine groups is 1. The zero-order valence-corrected chi connectivity index (χ0v) is 21.8. The topological polar surface area (TPSA) is 132 Å². The maximum Gasteiger partial charge on any atom is 0.236 e. The average Bonchev–Trinajstić information content (AvgIpc) is 3.64. The second kappa shape index (κ2) is 11.3. The van der Waals surface area contributed by atoms with Crippen LogP contribution in [0.25, 0.3) is 10.9 Å². The lowest BCUT2D eigenvalue weighted by atomic mass is 10.0. The number of nitrogens with one attached hydrogen (secondary N) is 4. The molecule has 2 aromatic rings. The molecule has 1 aromatic carbocycles. The molecule has 0 spiro atoms. The molecular formula is C27H35FN8O2. The molecule has 2 fully saturated rings. The van der Waals surface area contributed by atoms with Gasteiger partial charge in [0.2, 0.25) is 12.1 Å². The fourth-order valence-corrected chi connectivity index (χ4v) is 4.73. The van der Waals surface area contributed by atoms with E-state index >= 15 is 4.39 Å². The van der Waals surface area contributed by atoms with E-state index in [1.165, 1.54) is 12.0 Å². The van der Waals surface area contributed by atoms with E-state index in [1.807, 2.05) is 13.0 Å². The van der Waals surface area contributed by atoms with Gasteiger partial charge in [-0.15, -0.1) is 0 Å². The summed E-state index contributed by atoms with van der Waals surface area (Å²) in [5, 5.41) is 9.84. The molecular weight excluding hydrogens is 487 g/mol. The number of H-pyrrole nitrogens is 1. The summed E-state index contributed by atoms with van der Waals surface area (Å²) in [5.74, 6) is -1.09. The Hall–Kier alpha value is -3.86. The van der Waals surface area contributed by atoms with Crippen LogP contribution in [0.3, 0.4) is 0 Å². The van der Waals surface area contributed by atoms with Gasteiger partial charge in [-0.1, -0.05) is 6.92 Å². The Morgan fingerprint density at radius 3 is 2.82 bits per heavy atom. The SMILES string of the molecule is CC/C(=C\C=C(/N)NC1=NC=NC(Oc2ccc3[nH]c(C)cc3c2F)C1C(=O)NC1CC1)N1CCNCC1. The number of amides is 1. The lowest BCUT2D eigenvalue weighted by molar-refractivity contribution is -0.125. The number of carbonyl (C=O) groups excluding carboxylic acids is 1. The zero-order chi connectivity index (χ0) is 26.6. The molecule has 1 saturated heterocycles. The molecule has 0 radical (unpaired) electrons. The predicted molar refractivity (Wildman–Crippen MR) is 146 cm³/mol. The first kappa shape index (κ1) is 25.8. The van der Waals surface area contributed by atoms with Gasteiger partial charge in [0.05, 0.1) is 0 Å². The molecule has 6 N–H and O–H groups in total. The smallest absolute Gasteiger partial charge is 0.236 e. The molecule has 1 amide bonds. The van der Waals surface area contributed by atoms with Crippen molar-refractivity contribution in [1.82, 2.24) is 25.8 Å². The quantitative estimate of drug-likeness (QED) is 0.338. The molecule has 1 saturated carbocycles. The first-order chi connectivity index (χ1) is 18.4. The van der Waals surface area contributed by atoms with E-state index in [0.29, 0.717) is 22.6 Å². The number of hydrogen-bond acceptors (Lipinski definition) is 8. The number of nitrogens with zero attached hydrogens (tertiary/aromatic N) is 3. The van der Waals surface area contributed by atoms with Gasteiger partial charge in [0.15, 0.2) is 17.5 Å².